The van der Waals surface area contributed by atoms with E-state index in [9.17, 15) is 5.11 Å². The van der Waals surface area contributed by atoms with Crippen LogP contribution in [0.1, 0.15) is 0 Å². The average molecular weight is 528 g/mol. The number of hydrogen-bond donors (Lipinski definition) is 4. The highest BCUT2D eigenvalue weighted by molar-refractivity contribution is 7.22. The molecule has 3 aromatic carbocycles. The lowest BCUT2D eigenvalue weighted by atomic mass is 10.2. The Labute approximate surface area is 222 Å². The number of nitrogen functional groups attached to an aromatic ring is 1. The molecule has 0 aliphatic rings. The van der Waals surface area contributed by atoms with Crippen molar-refractivity contribution in [1.29, 1.82) is 0 Å². The molecule has 38 heavy (non-hydrogen) atoms. The second-order valence-electron chi connectivity index (χ2n) is 8.22. The molecule has 0 aliphatic heterocycles. The molecule has 0 bridgehead atoms. The average Bonchev–Trinajstić information content (AvgIpc) is 3.55. The van der Waals surface area contributed by atoms with E-state index in [0.29, 0.717) is 23.0 Å². The van der Waals surface area contributed by atoms with Crippen LogP contribution in [-0.2, 0) is 0 Å². The first-order valence-corrected chi connectivity index (χ1v) is 12.4. The monoisotopic (exact) mass is 527 g/mol. The normalized spacial score (nSPS) is 10.7. The van der Waals surface area contributed by atoms with Crippen LogP contribution in [0, 0.1) is 0 Å². The van der Waals surface area contributed by atoms with Gasteiger partial charge >= 0.3 is 0 Å². The Kier molecular flexibility index (Phi) is 6.88. The predicted octanol–water partition coefficient (Wildman–Crippen LogP) is 6.05. The van der Waals surface area contributed by atoms with Crippen LogP contribution in [0.15, 0.2) is 85.1 Å². The molecule has 0 saturated carbocycles. The van der Waals surface area contributed by atoms with Gasteiger partial charge < -0.3 is 30.7 Å². The number of rotatable bonds is 5. The molecular formula is C28H25N5O4S. The number of hydrogen-bond acceptors (Lipinski definition) is 9. The van der Waals surface area contributed by atoms with Crippen LogP contribution in [0.3, 0.4) is 0 Å². The van der Waals surface area contributed by atoms with Gasteiger partial charge in [0.05, 0.1) is 25.3 Å². The van der Waals surface area contributed by atoms with Crippen molar-refractivity contribution in [1.82, 2.24) is 14.6 Å². The summed E-state index contributed by atoms with van der Waals surface area (Å²) in [6, 6.07) is 24.0. The first-order valence-electron chi connectivity index (χ1n) is 11.6. The molecule has 0 spiro atoms. The maximum Gasteiger partial charge on any atom is 0.162 e. The van der Waals surface area contributed by atoms with E-state index in [2.05, 4.69) is 28.5 Å². The van der Waals surface area contributed by atoms with Crippen LogP contribution in [0.5, 0.6) is 23.0 Å². The number of fused-ring (bicyclic) bond motifs is 2. The highest BCUT2D eigenvalue weighted by atomic mass is 32.1. The second-order valence-corrected chi connectivity index (χ2v) is 9.31. The smallest absolute Gasteiger partial charge is 0.162 e. The number of imidazole rings is 1. The third kappa shape index (κ3) is 5.11. The molecule has 0 saturated heterocycles. The lowest BCUT2D eigenvalue weighted by molar-refractivity contribution is 0.374. The predicted molar refractivity (Wildman–Crippen MR) is 151 cm³/mol. The number of aromatic hydroxyl groups is 2. The Morgan fingerprint density at radius 2 is 1.61 bits per heavy atom. The van der Waals surface area contributed by atoms with E-state index in [-0.39, 0.29) is 11.5 Å². The third-order valence-electron chi connectivity index (χ3n) is 5.70. The minimum absolute atomic E-state index is 0.0955. The van der Waals surface area contributed by atoms with Crippen molar-refractivity contribution >= 4 is 44.3 Å². The van der Waals surface area contributed by atoms with Gasteiger partial charge in [-0.2, -0.15) is 0 Å². The molecule has 192 valence electrons. The molecule has 0 atom stereocenters. The summed E-state index contributed by atoms with van der Waals surface area (Å²) in [6.07, 6.45) is 1.85. The van der Waals surface area contributed by atoms with E-state index in [0.717, 1.165) is 21.9 Å². The summed E-state index contributed by atoms with van der Waals surface area (Å²) in [5.74, 6) is 1.68. The van der Waals surface area contributed by atoms with Crippen molar-refractivity contribution in [3.8, 4) is 33.6 Å². The first-order chi connectivity index (χ1) is 18.4. The minimum Gasteiger partial charge on any atom is -0.504 e. The van der Waals surface area contributed by atoms with Gasteiger partial charge in [0.2, 0.25) is 0 Å². The summed E-state index contributed by atoms with van der Waals surface area (Å²) in [7, 11) is 3.00. The SMILES string of the molecule is COc1cc(N)ccc1O.COc1cc(Nc2ccc3ncc(-c4cc5ccccc5s4)n3n2)ccc1O. The van der Waals surface area contributed by atoms with Crippen molar-refractivity contribution in [2.75, 3.05) is 25.3 Å². The lowest BCUT2D eigenvalue weighted by Gasteiger charge is -2.09. The number of aromatic nitrogens is 3. The fourth-order valence-corrected chi connectivity index (χ4v) is 4.87. The quantitative estimate of drug-likeness (QED) is 0.158. The third-order valence-corrected chi connectivity index (χ3v) is 6.83. The number of anilines is 3. The van der Waals surface area contributed by atoms with Gasteiger partial charge in [-0.25, -0.2) is 9.50 Å². The Balaban J connectivity index is 0.000000249. The van der Waals surface area contributed by atoms with Gasteiger partial charge in [-0.1, -0.05) is 18.2 Å². The molecule has 9 nitrogen and oxygen atoms in total. The molecule has 0 amide bonds. The largest absolute Gasteiger partial charge is 0.504 e. The van der Waals surface area contributed by atoms with Crippen molar-refractivity contribution < 1.29 is 19.7 Å². The van der Waals surface area contributed by atoms with E-state index >= 15 is 0 Å². The molecule has 0 fully saturated rings. The van der Waals surface area contributed by atoms with Gasteiger partial charge in [-0.3, -0.25) is 0 Å². The summed E-state index contributed by atoms with van der Waals surface area (Å²) in [5, 5.41) is 28.0. The Hall–Kier alpha value is -4.96. The van der Waals surface area contributed by atoms with E-state index in [4.69, 9.17) is 25.4 Å². The number of thiophene rings is 1. The first kappa shape index (κ1) is 24.7. The van der Waals surface area contributed by atoms with Crippen LogP contribution in [0.25, 0.3) is 26.3 Å². The zero-order valence-corrected chi connectivity index (χ0v) is 21.4. The zero-order valence-electron chi connectivity index (χ0n) is 20.6. The van der Waals surface area contributed by atoms with Crippen LogP contribution in [-0.4, -0.2) is 39.0 Å². The second kappa shape index (κ2) is 10.6. The van der Waals surface area contributed by atoms with Crippen LogP contribution in [0.2, 0.25) is 0 Å². The van der Waals surface area contributed by atoms with Crippen LogP contribution in [0.4, 0.5) is 17.2 Å². The highest BCUT2D eigenvalue weighted by Gasteiger charge is 2.12. The van der Waals surface area contributed by atoms with E-state index in [1.165, 1.54) is 30.4 Å². The van der Waals surface area contributed by atoms with E-state index < -0.39 is 0 Å². The maximum absolute atomic E-state index is 9.76. The number of nitrogens with zero attached hydrogens (tertiary/aromatic N) is 3. The summed E-state index contributed by atoms with van der Waals surface area (Å²) in [6.45, 7) is 0. The molecule has 3 heterocycles. The van der Waals surface area contributed by atoms with E-state index in [1.54, 1.807) is 41.7 Å². The zero-order chi connectivity index (χ0) is 26.6. The number of phenolic OH excluding ortho intramolecular Hbond substituents is 2. The van der Waals surface area contributed by atoms with Gasteiger partial charge in [-0.15, -0.1) is 16.4 Å². The van der Waals surface area contributed by atoms with Gasteiger partial charge in [0.25, 0.3) is 0 Å². The Bertz CT molecular complexity index is 1700. The summed E-state index contributed by atoms with van der Waals surface area (Å²) >= 11 is 1.72. The van der Waals surface area contributed by atoms with Crippen LogP contribution >= 0.6 is 11.3 Å². The number of benzene rings is 3. The molecule has 10 heteroatoms. The molecule has 6 rings (SSSR count). The standard InChI is InChI=1S/C21H16N4O2S.C7H9NO2/c1-27-17-11-14(6-7-16(17)26)23-20-8-9-21-22-12-15(25(21)24-20)19-10-13-4-2-3-5-18(13)28-19;1-10-7-4-5(8)2-3-6(7)9/h2-12,26H,1H3,(H,23,24);2-4,9H,8H2,1H3. The lowest BCUT2D eigenvalue weighted by Crippen LogP contribution is -2.00. The van der Waals surface area contributed by atoms with E-state index in [1.807, 2.05) is 35.0 Å². The van der Waals surface area contributed by atoms with Gasteiger partial charge in [0.1, 0.15) is 5.69 Å². The topological polar surface area (TPSA) is 127 Å². The molecule has 0 aliphatic carbocycles. The molecule has 6 aromatic rings. The fraction of sp³-hybridized carbons (Fsp3) is 0.0714. The number of methoxy groups -OCH3 is 2. The molecule has 5 N–H and O–H groups in total. The van der Waals surface area contributed by atoms with Gasteiger partial charge in [0.15, 0.2) is 34.5 Å². The molecule has 0 radical (unpaired) electrons. The van der Waals surface area contributed by atoms with Gasteiger partial charge in [0, 0.05) is 28.2 Å². The summed E-state index contributed by atoms with van der Waals surface area (Å²) in [4.78, 5) is 5.59. The van der Waals surface area contributed by atoms with Gasteiger partial charge in [-0.05, 0) is 53.9 Å². The minimum atomic E-state index is 0.0955. The molecular weight excluding hydrogens is 502 g/mol. The summed E-state index contributed by atoms with van der Waals surface area (Å²) in [5.41, 5.74) is 8.49. The number of nitrogens with two attached hydrogens (primary N) is 1. The van der Waals surface area contributed by atoms with Crippen molar-refractivity contribution in [2.45, 2.75) is 0 Å². The Morgan fingerprint density at radius 1 is 0.868 bits per heavy atom. The fourth-order valence-electron chi connectivity index (χ4n) is 3.81. The van der Waals surface area contributed by atoms with Crippen molar-refractivity contribution in [2.24, 2.45) is 0 Å². The number of phenols is 2. The molecule has 3 aromatic heterocycles. The number of nitrogens with one attached hydrogen (secondary N) is 1. The molecule has 0 unspecified atom stereocenters. The maximum atomic E-state index is 9.76. The highest BCUT2D eigenvalue weighted by Crippen LogP contribution is 2.34. The summed E-state index contributed by atoms with van der Waals surface area (Å²) < 4.78 is 13.0. The van der Waals surface area contributed by atoms with Crippen LogP contribution < -0.4 is 20.5 Å². The number of ether oxygens (including phenoxy) is 2. The Morgan fingerprint density at radius 3 is 2.34 bits per heavy atom. The van der Waals surface area contributed by atoms with Crippen molar-refractivity contribution in [3.05, 3.63) is 85.1 Å². The van der Waals surface area contributed by atoms with Crippen molar-refractivity contribution in [3.63, 3.8) is 0 Å².